The van der Waals surface area contributed by atoms with E-state index in [2.05, 4.69) is 5.32 Å². The summed E-state index contributed by atoms with van der Waals surface area (Å²) in [5.74, 6) is 0.581. The molecule has 0 spiro atoms. The van der Waals surface area contributed by atoms with Gasteiger partial charge in [-0.1, -0.05) is 37.1 Å². The smallest absolute Gasteiger partial charge is 0.295 e. The molecule has 1 aromatic heterocycles. The lowest BCUT2D eigenvalue weighted by Gasteiger charge is -2.32. The second-order valence-electron chi connectivity index (χ2n) is 7.99. The Morgan fingerprint density at radius 3 is 2.33 bits per heavy atom. The maximum Gasteiger partial charge on any atom is 0.295 e. The average Bonchev–Trinajstić information content (AvgIpc) is 3.57. The van der Waals surface area contributed by atoms with Crippen molar-refractivity contribution in [3.8, 4) is 11.5 Å². The zero-order valence-corrected chi connectivity index (χ0v) is 18.8. The molecular weight excluding hydrogens is 420 g/mol. The van der Waals surface area contributed by atoms with Crippen LogP contribution < -0.4 is 19.7 Å². The molecule has 4 rings (SSSR count). The number of amides is 2. The number of hydrogen-bond acceptors (Lipinski definition) is 5. The largest absolute Gasteiger partial charge is 0.497 e. The lowest BCUT2D eigenvalue weighted by molar-refractivity contribution is -0.123. The molecule has 33 heavy (non-hydrogen) atoms. The first-order valence-electron chi connectivity index (χ1n) is 11.1. The zero-order valence-electron chi connectivity index (χ0n) is 18.8. The van der Waals surface area contributed by atoms with Gasteiger partial charge in [-0.2, -0.15) is 0 Å². The summed E-state index contributed by atoms with van der Waals surface area (Å²) < 4.78 is 16.3. The summed E-state index contributed by atoms with van der Waals surface area (Å²) in [6, 6.07) is 16.7. The number of nitrogens with one attached hydrogen (secondary N) is 1. The summed E-state index contributed by atoms with van der Waals surface area (Å²) in [6.07, 6.45) is 5.47. The molecule has 0 aliphatic heterocycles. The zero-order chi connectivity index (χ0) is 23.2. The third-order valence-corrected chi connectivity index (χ3v) is 5.94. The van der Waals surface area contributed by atoms with E-state index in [1.54, 1.807) is 61.7 Å². The van der Waals surface area contributed by atoms with Crippen molar-refractivity contribution in [2.75, 3.05) is 19.1 Å². The molecule has 3 aromatic rings. The van der Waals surface area contributed by atoms with Gasteiger partial charge in [-0.15, -0.1) is 0 Å². The first-order chi connectivity index (χ1) is 16.1. The van der Waals surface area contributed by atoms with E-state index in [-0.39, 0.29) is 17.7 Å². The molecule has 1 fully saturated rings. The lowest BCUT2D eigenvalue weighted by atomic mass is 10.0. The van der Waals surface area contributed by atoms with Gasteiger partial charge >= 0.3 is 0 Å². The summed E-state index contributed by atoms with van der Waals surface area (Å²) in [7, 11) is 3.12. The molecule has 7 heteroatoms. The molecule has 1 aliphatic rings. The number of ether oxygens (including phenoxy) is 2. The highest BCUT2D eigenvalue weighted by Crippen LogP contribution is 2.37. The fourth-order valence-corrected chi connectivity index (χ4v) is 4.27. The molecule has 1 atom stereocenters. The van der Waals surface area contributed by atoms with Crippen LogP contribution in [0.3, 0.4) is 0 Å². The predicted molar refractivity (Wildman–Crippen MR) is 125 cm³/mol. The average molecular weight is 449 g/mol. The Balaban J connectivity index is 1.83. The van der Waals surface area contributed by atoms with E-state index in [9.17, 15) is 9.59 Å². The van der Waals surface area contributed by atoms with Crippen molar-refractivity contribution in [3.05, 3.63) is 78.3 Å². The van der Waals surface area contributed by atoms with Gasteiger partial charge in [-0.05, 0) is 54.8 Å². The molecule has 0 saturated heterocycles. The minimum atomic E-state index is -0.939. The van der Waals surface area contributed by atoms with E-state index in [0.717, 1.165) is 25.7 Å². The first-order valence-corrected chi connectivity index (χ1v) is 11.1. The van der Waals surface area contributed by atoms with Gasteiger partial charge in [0.1, 0.15) is 17.5 Å². The quantitative estimate of drug-likeness (QED) is 0.538. The van der Waals surface area contributed by atoms with Gasteiger partial charge in [0.2, 0.25) is 5.91 Å². The van der Waals surface area contributed by atoms with Gasteiger partial charge in [-0.25, -0.2) is 0 Å². The van der Waals surface area contributed by atoms with E-state index < -0.39 is 11.9 Å². The van der Waals surface area contributed by atoms with Gasteiger partial charge in [0.25, 0.3) is 5.91 Å². The van der Waals surface area contributed by atoms with Gasteiger partial charge in [0.05, 0.1) is 26.2 Å². The summed E-state index contributed by atoms with van der Waals surface area (Å²) in [4.78, 5) is 28.9. The molecule has 7 nitrogen and oxygen atoms in total. The van der Waals surface area contributed by atoms with Gasteiger partial charge in [-0.3, -0.25) is 14.5 Å². The number of hydrogen-bond donors (Lipinski definition) is 1. The van der Waals surface area contributed by atoms with E-state index in [1.165, 1.54) is 18.3 Å². The third kappa shape index (κ3) is 4.87. The molecule has 1 aliphatic carbocycles. The number of rotatable bonds is 8. The maximum atomic E-state index is 13.7. The van der Waals surface area contributed by atoms with Crippen LogP contribution in [0.2, 0.25) is 0 Å². The molecule has 2 aromatic carbocycles. The van der Waals surface area contributed by atoms with Crippen LogP contribution in [0.25, 0.3) is 0 Å². The molecule has 0 bridgehead atoms. The Bertz CT molecular complexity index is 1070. The predicted octanol–water partition coefficient (Wildman–Crippen LogP) is 4.74. The normalized spacial score (nSPS) is 14.5. The third-order valence-electron chi connectivity index (χ3n) is 5.94. The Labute approximate surface area is 193 Å². The fraction of sp³-hybridized carbons (Fsp3) is 0.308. The van der Waals surface area contributed by atoms with Gasteiger partial charge < -0.3 is 19.2 Å². The second-order valence-corrected chi connectivity index (χ2v) is 7.99. The van der Waals surface area contributed by atoms with Crippen LogP contribution in [0.15, 0.2) is 71.3 Å². The monoisotopic (exact) mass is 448 g/mol. The van der Waals surface area contributed by atoms with Gasteiger partial charge in [0, 0.05) is 6.04 Å². The lowest BCUT2D eigenvalue weighted by Crippen LogP contribution is -2.46. The summed E-state index contributed by atoms with van der Waals surface area (Å²) in [5, 5.41) is 3.16. The molecule has 1 saturated carbocycles. The number of nitrogens with zero attached hydrogens (tertiary/aromatic N) is 1. The second kappa shape index (κ2) is 10.3. The van der Waals surface area contributed by atoms with Crippen molar-refractivity contribution in [2.45, 2.75) is 37.8 Å². The van der Waals surface area contributed by atoms with Crippen LogP contribution in [0.1, 0.15) is 47.8 Å². The van der Waals surface area contributed by atoms with Crippen molar-refractivity contribution < 1.29 is 23.5 Å². The minimum absolute atomic E-state index is 0.0940. The fourth-order valence-electron chi connectivity index (χ4n) is 4.27. The van der Waals surface area contributed by atoms with E-state index in [1.807, 2.05) is 6.07 Å². The first kappa shape index (κ1) is 22.5. The molecule has 2 amide bonds. The van der Waals surface area contributed by atoms with Crippen LogP contribution in [0, 0.1) is 0 Å². The Morgan fingerprint density at radius 1 is 0.970 bits per heavy atom. The Morgan fingerprint density at radius 2 is 1.70 bits per heavy atom. The maximum absolute atomic E-state index is 13.7. The van der Waals surface area contributed by atoms with Crippen LogP contribution >= 0.6 is 0 Å². The Hall–Kier alpha value is -3.74. The SMILES string of the molecule is COc1ccc([C@H](C(=O)NC2CCCC2)N(C(=O)c2ccco2)c2ccccc2OC)cc1. The highest BCUT2D eigenvalue weighted by atomic mass is 16.5. The number of furan rings is 1. The Kier molecular flexibility index (Phi) is 6.98. The van der Waals surface area contributed by atoms with Crippen LogP contribution in [0.4, 0.5) is 5.69 Å². The summed E-state index contributed by atoms with van der Waals surface area (Å²) >= 11 is 0. The number of carbonyl (C=O) groups excluding carboxylic acids is 2. The highest BCUT2D eigenvalue weighted by molar-refractivity contribution is 6.09. The van der Waals surface area contributed by atoms with E-state index in [4.69, 9.17) is 13.9 Å². The van der Waals surface area contributed by atoms with Crippen molar-refractivity contribution >= 4 is 17.5 Å². The number of benzene rings is 2. The summed E-state index contributed by atoms with van der Waals surface area (Å²) in [5.41, 5.74) is 1.13. The minimum Gasteiger partial charge on any atom is -0.497 e. The van der Waals surface area contributed by atoms with Crippen LogP contribution in [0.5, 0.6) is 11.5 Å². The number of methoxy groups -OCH3 is 2. The van der Waals surface area contributed by atoms with E-state index >= 15 is 0 Å². The van der Waals surface area contributed by atoms with Crippen molar-refractivity contribution in [1.82, 2.24) is 5.32 Å². The number of anilines is 1. The standard InChI is InChI=1S/C26H28N2O5/c1-31-20-15-13-18(14-16-20)24(25(29)27-19-8-3-4-9-19)28(26(30)23-12-7-17-33-23)21-10-5-6-11-22(21)32-2/h5-7,10-17,19,24H,3-4,8-9H2,1-2H3,(H,27,29)/t24-/m1/s1. The van der Waals surface area contributed by atoms with Crippen LogP contribution in [-0.4, -0.2) is 32.1 Å². The molecule has 0 unspecified atom stereocenters. The molecular formula is C26H28N2O5. The summed E-state index contributed by atoms with van der Waals surface area (Å²) in [6.45, 7) is 0. The van der Waals surface area contributed by atoms with E-state index in [0.29, 0.717) is 22.7 Å². The van der Waals surface area contributed by atoms with Crippen molar-refractivity contribution in [2.24, 2.45) is 0 Å². The molecule has 172 valence electrons. The molecule has 1 N–H and O–H groups in total. The molecule has 1 heterocycles. The molecule has 0 radical (unpaired) electrons. The van der Waals surface area contributed by atoms with Gasteiger partial charge in [0.15, 0.2) is 5.76 Å². The highest BCUT2D eigenvalue weighted by Gasteiger charge is 2.37. The van der Waals surface area contributed by atoms with Crippen LogP contribution in [-0.2, 0) is 4.79 Å². The number of carbonyl (C=O) groups is 2. The van der Waals surface area contributed by atoms with Crippen molar-refractivity contribution in [1.29, 1.82) is 0 Å². The topological polar surface area (TPSA) is 81.0 Å². The van der Waals surface area contributed by atoms with Crippen molar-refractivity contribution in [3.63, 3.8) is 0 Å². The number of para-hydroxylation sites is 2.